The number of hydrogen-bond donors (Lipinski definition) is 2. The fourth-order valence-corrected chi connectivity index (χ4v) is 4.48. The van der Waals surface area contributed by atoms with Crippen molar-refractivity contribution >= 4 is 21.4 Å². The number of hydrogen-bond acceptors (Lipinski definition) is 4. The lowest BCUT2D eigenvalue weighted by atomic mass is 10.2. The van der Waals surface area contributed by atoms with E-state index in [4.69, 9.17) is 0 Å². The van der Waals surface area contributed by atoms with E-state index >= 15 is 0 Å². The molecule has 0 amide bonds. The third-order valence-electron chi connectivity index (χ3n) is 3.20. The van der Waals surface area contributed by atoms with E-state index in [1.807, 2.05) is 6.07 Å². The third kappa shape index (κ3) is 3.54. The minimum atomic E-state index is -3.18. The van der Waals surface area contributed by atoms with Crippen LogP contribution in [0.5, 0.6) is 0 Å². The monoisotopic (exact) mass is 288 g/mol. The van der Waals surface area contributed by atoms with Gasteiger partial charge in [0.2, 0.25) is 10.0 Å². The molecule has 6 heteroatoms. The molecule has 0 saturated carbocycles. The predicted molar refractivity (Wildman–Crippen MR) is 75.3 cm³/mol. The van der Waals surface area contributed by atoms with Gasteiger partial charge < -0.3 is 5.32 Å². The second kappa shape index (κ2) is 6.14. The standard InChI is InChI=1S/C12H20N2O2S2/c1-2-10-5-6-11(17-10)8-14-18(15,16)12-4-3-7-13-9-12/h5-6,12-14H,2-4,7-9H2,1H3. The van der Waals surface area contributed by atoms with Crippen molar-refractivity contribution in [1.82, 2.24) is 10.0 Å². The lowest BCUT2D eigenvalue weighted by molar-refractivity contribution is 0.490. The summed E-state index contributed by atoms with van der Waals surface area (Å²) in [5, 5.41) is 2.86. The molecule has 2 N–H and O–H groups in total. The Morgan fingerprint density at radius 3 is 2.83 bits per heavy atom. The van der Waals surface area contributed by atoms with E-state index in [2.05, 4.69) is 23.0 Å². The molecule has 0 spiro atoms. The molecular formula is C12H20N2O2S2. The van der Waals surface area contributed by atoms with Crippen LogP contribution in [0.4, 0.5) is 0 Å². The molecule has 102 valence electrons. The number of thiophene rings is 1. The summed E-state index contributed by atoms with van der Waals surface area (Å²) >= 11 is 1.68. The van der Waals surface area contributed by atoms with Gasteiger partial charge >= 0.3 is 0 Å². The van der Waals surface area contributed by atoms with Crippen molar-refractivity contribution in [3.05, 3.63) is 21.9 Å². The van der Waals surface area contributed by atoms with Gasteiger partial charge in [-0.2, -0.15) is 0 Å². The second-order valence-corrected chi connectivity index (χ2v) is 7.85. The Labute approximate surface area is 113 Å². The van der Waals surface area contributed by atoms with E-state index in [0.29, 0.717) is 13.1 Å². The summed E-state index contributed by atoms with van der Waals surface area (Å²) in [7, 11) is -3.18. The largest absolute Gasteiger partial charge is 0.315 e. The Hall–Kier alpha value is -0.430. The molecule has 1 atom stereocenters. The number of rotatable bonds is 5. The number of piperidine rings is 1. The van der Waals surface area contributed by atoms with Gasteiger partial charge in [-0.15, -0.1) is 11.3 Å². The second-order valence-electron chi connectivity index (χ2n) is 4.56. The SMILES string of the molecule is CCc1ccc(CNS(=O)(=O)C2CCCNC2)s1. The van der Waals surface area contributed by atoms with Gasteiger partial charge in [0.05, 0.1) is 5.25 Å². The zero-order valence-electron chi connectivity index (χ0n) is 10.6. The topological polar surface area (TPSA) is 58.2 Å². The van der Waals surface area contributed by atoms with E-state index < -0.39 is 10.0 Å². The van der Waals surface area contributed by atoms with Gasteiger partial charge in [0.1, 0.15) is 0 Å². The van der Waals surface area contributed by atoms with Gasteiger partial charge in [-0.1, -0.05) is 6.92 Å². The van der Waals surface area contributed by atoms with E-state index in [-0.39, 0.29) is 5.25 Å². The average molecular weight is 288 g/mol. The molecule has 2 rings (SSSR count). The fourth-order valence-electron chi connectivity index (χ4n) is 2.08. The summed E-state index contributed by atoms with van der Waals surface area (Å²) in [6.07, 6.45) is 2.70. The molecule has 0 radical (unpaired) electrons. The highest BCUT2D eigenvalue weighted by atomic mass is 32.2. The van der Waals surface area contributed by atoms with Gasteiger partial charge in [0, 0.05) is 22.8 Å². The Kier molecular flexibility index (Phi) is 4.77. The molecule has 2 heterocycles. The van der Waals surface area contributed by atoms with Crippen molar-refractivity contribution in [2.75, 3.05) is 13.1 Å². The first kappa shape index (κ1) is 14.0. The van der Waals surface area contributed by atoms with Crippen LogP contribution < -0.4 is 10.0 Å². The highest BCUT2D eigenvalue weighted by Gasteiger charge is 2.26. The molecule has 4 nitrogen and oxygen atoms in total. The minimum absolute atomic E-state index is 0.281. The van der Waals surface area contributed by atoms with Gasteiger partial charge in [0.15, 0.2) is 0 Å². The molecule has 18 heavy (non-hydrogen) atoms. The van der Waals surface area contributed by atoms with Gasteiger partial charge in [-0.3, -0.25) is 0 Å². The minimum Gasteiger partial charge on any atom is -0.315 e. The smallest absolute Gasteiger partial charge is 0.216 e. The molecule has 1 saturated heterocycles. The molecule has 0 aliphatic carbocycles. The van der Waals surface area contributed by atoms with Gasteiger partial charge in [0.25, 0.3) is 0 Å². The molecule has 1 aliphatic rings. The summed E-state index contributed by atoms with van der Waals surface area (Å²) in [5.41, 5.74) is 0. The molecule has 1 aromatic rings. The summed E-state index contributed by atoms with van der Waals surface area (Å²) in [5.74, 6) is 0. The first-order valence-corrected chi connectivity index (χ1v) is 8.75. The van der Waals surface area contributed by atoms with E-state index in [1.165, 1.54) is 4.88 Å². The van der Waals surface area contributed by atoms with Crippen LogP contribution in [-0.4, -0.2) is 26.8 Å². The Balaban J connectivity index is 1.91. The molecular weight excluding hydrogens is 268 g/mol. The number of nitrogens with one attached hydrogen (secondary N) is 2. The molecule has 1 fully saturated rings. The Morgan fingerprint density at radius 1 is 1.44 bits per heavy atom. The van der Waals surface area contributed by atoms with E-state index in [9.17, 15) is 8.42 Å². The van der Waals surface area contributed by atoms with Crippen molar-refractivity contribution in [3.8, 4) is 0 Å². The van der Waals surface area contributed by atoms with Crippen LogP contribution in [0.25, 0.3) is 0 Å². The molecule has 1 aliphatic heterocycles. The van der Waals surface area contributed by atoms with Crippen molar-refractivity contribution in [2.24, 2.45) is 0 Å². The fraction of sp³-hybridized carbons (Fsp3) is 0.667. The van der Waals surface area contributed by atoms with Crippen LogP contribution >= 0.6 is 11.3 Å². The summed E-state index contributed by atoms with van der Waals surface area (Å²) < 4.78 is 26.9. The highest BCUT2D eigenvalue weighted by molar-refractivity contribution is 7.90. The maximum atomic E-state index is 12.1. The highest BCUT2D eigenvalue weighted by Crippen LogP contribution is 2.18. The normalized spacial score (nSPS) is 21.1. The first-order valence-electron chi connectivity index (χ1n) is 6.38. The van der Waals surface area contributed by atoms with Gasteiger partial charge in [-0.05, 0) is 37.9 Å². The maximum absolute atomic E-state index is 12.1. The zero-order chi connectivity index (χ0) is 13.0. The van der Waals surface area contributed by atoms with Crippen LogP contribution in [0.15, 0.2) is 12.1 Å². The van der Waals surface area contributed by atoms with Crippen molar-refractivity contribution < 1.29 is 8.42 Å². The molecule has 1 unspecified atom stereocenters. The first-order chi connectivity index (χ1) is 8.62. The van der Waals surface area contributed by atoms with Gasteiger partial charge in [-0.25, -0.2) is 13.1 Å². The number of aryl methyl sites for hydroxylation is 1. The van der Waals surface area contributed by atoms with Crippen LogP contribution in [-0.2, 0) is 23.0 Å². The van der Waals surface area contributed by atoms with Crippen molar-refractivity contribution in [1.29, 1.82) is 0 Å². The van der Waals surface area contributed by atoms with Crippen LogP contribution in [0.3, 0.4) is 0 Å². The van der Waals surface area contributed by atoms with E-state index in [1.54, 1.807) is 11.3 Å². The summed E-state index contributed by atoms with van der Waals surface area (Å²) in [4.78, 5) is 2.38. The predicted octanol–water partition coefficient (Wildman–Crippen LogP) is 1.48. The maximum Gasteiger partial charge on any atom is 0.216 e. The lowest BCUT2D eigenvalue weighted by Crippen LogP contribution is -2.43. The van der Waals surface area contributed by atoms with Crippen LogP contribution in [0, 0.1) is 0 Å². The molecule has 0 bridgehead atoms. The molecule has 0 aromatic carbocycles. The summed E-state index contributed by atoms with van der Waals surface area (Å²) in [6.45, 7) is 4.02. The quantitative estimate of drug-likeness (QED) is 0.863. The number of sulfonamides is 1. The Bertz CT molecular complexity index is 476. The summed E-state index contributed by atoms with van der Waals surface area (Å²) in [6, 6.07) is 4.07. The van der Waals surface area contributed by atoms with Crippen LogP contribution in [0.2, 0.25) is 0 Å². The van der Waals surface area contributed by atoms with Crippen LogP contribution in [0.1, 0.15) is 29.5 Å². The van der Waals surface area contributed by atoms with Crippen molar-refractivity contribution in [3.63, 3.8) is 0 Å². The van der Waals surface area contributed by atoms with E-state index in [0.717, 1.165) is 30.7 Å². The Morgan fingerprint density at radius 2 is 2.22 bits per heavy atom. The van der Waals surface area contributed by atoms with Crippen molar-refractivity contribution in [2.45, 2.75) is 38.0 Å². The third-order valence-corrected chi connectivity index (χ3v) is 6.26. The average Bonchev–Trinajstić information content (AvgIpc) is 2.86. The lowest BCUT2D eigenvalue weighted by Gasteiger charge is -2.22. The zero-order valence-corrected chi connectivity index (χ0v) is 12.2. The molecule has 1 aromatic heterocycles.